The third kappa shape index (κ3) is 767. The maximum absolute atomic E-state index is 8.56. The predicted octanol–water partition coefficient (Wildman–Crippen LogP) is -0.314. The molecule has 0 amide bonds. The molecule has 0 saturated carbocycles. The van der Waals surface area contributed by atoms with Gasteiger partial charge in [0.25, 0.3) is 0 Å². The van der Waals surface area contributed by atoms with E-state index in [2.05, 4.69) is 0 Å². The Morgan fingerprint density at radius 3 is 1.60 bits per heavy atom. The molecule has 0 aliphatic heterocycles. The van der Waals surface area contributed by atoms with Crippen LogP contribution in [0.1, 0.15) is 1.43 Å². The Hall–Kier alpha value is -0.133. The van der Waals surface area contributed by atoms with Crippen LogP contribution in [0.15, 0.2) is 0 Å². The van der Waals surface area contributed by atoms with E-state index in [9.17, 15) is 0 Å². The predicted molar refractivity (Wildman–Crippen MR) is 18.9 cm³/mol. The third-order valence-electron chi connectivity index (χ3n) is 0. The molecular formula is CH4LiO3. The van der Waals surface area contributed by atoms with Crippen LogP contribution < -0.4 is 0 Å². The molecule has 0 rings (SSSR count). The van der Waals surface area contributed by atoms with Crippen LogP contribution in [0, 0.1) is 0 Å². The van der Waals surface area contributed by atoms with Gasteiger partial charge < -0.3 is 10.2 Å². The normalized spacial score (nSPS) is 4.80. The van der Waals surface area contributed by atoms with Gasteiger partial charge in [-0.2, -0.15) is 0 Å². The molecule has 2 N–H and O–H groups in total. The minimum absolute atomic E-state index is 0. The molecule has 0 spiro atoms. The molecule has 0 heterocycles. The minimum atomic E-state index is -1.83. The van der Waals surface area contributed by atoms with Crippen molar-refractivity contribution in [1.82, 2.24) is 0 Å². The molecule has 0 aromatic heterocycles. The van der Waals surface area contributed by atoms with Crippen molar-refractivity contribution in [1.29, 1.82) is 0 Å². The second kappa shape index (κ2) is 3.87. The van der Waals surface area contributed by atoms with Crippen LogP contribution in [0.25, 0.3) is 0 Å². The number of carbonyl (C=O) groups is 1. The van der Waals surface area contributed by atoms with E-state index in [1.54, 1.807) is 0 Å². The van der Waals surface area contributed by atoms with Crippen LogP contribution in [-0.2, 0) is 0 Å². The first-order valence-corrected chi connectivity index (χ1v) is 0.651. The molecule has 1 radical (unpaired) electrons. The molecule has 0 saturated heterocycles. The van der Waals surface area contributed by atoms with Gasteiger partial charge in [0.05, 0.1) is 0 Å². The van der Waals surface area contributed by atoms with Gasteiger partial charge in [0, 0.05) is 1.43 Å². The first kappa shape index (κ1) is 8.85. The molecule has 0 aromatic carbocycles. The van der Waals surface area contributed by atoms with Crippen molar-refractivity contribution in [2.24, 2.45) is 0 Å². The van der Waals surface area contributed by atoms with Crippen LogP contribution in [0.2, 0.25) is 0 Å². The summed E-state index contributed by atoms with van der Waals surface area (Å²) in [6.07, 6.45) is -1.83. The molecule has 0 aliphatic carbocycles. The quantitative estimate of drug-likeness (QED) is 0.385. The van der Waals surface area contributed by atoms with Crippen molar-refractivity contribution in [3.63, 3.8) is 0 Å². The van der Waals surface area contributed by atoms with Gasteiger partial charge in [0.15, 0.2) is 0 Å². The van der Waals surface area contributed by atoms with Gasteiger partial charge >= 0.3 is 25.0 Å². The average molecular weight is 71.0 g/mol. The zero-order valence-corrected chi connectivity index (χ0v) is 1.80. The number of hydrogen-bond donors (Lipinski definition) is 2. The fourth-order valence-electron chi connectivity index (χ4n) is 0. The Morgan fingerprint density at radius 2 is 1.60 bits per heavy atom. The van der Waals surface area contributed by atoms with Crippen LogP contribution in [0.5, 0.6) is 0 Å². The summed E-state index contributed by atoms with van der Waals surface area (Å²) < 4.78 is 0. The molecule has 0 atom stereocenters. The van der Waals surface area contributed by atoms with Gasteiger partial charge in [-0.3, -0.25) is 0 Å². The van der Waals surface area contributed by atoms with Gasteiger partial charge in [-0.25, -0.2) is 4.79 Å². The van der Waals surface area contributed by atoms with E-state index in [0.29, 0.717) is 0 Å². The van der Waals surface area contributed by atoms with Gasteiger partial charge in [-0.1, -0.05) is 0 Å². The Kier molecular flexibility index (Phi) is 6.85. The van der Waals surface area contributed by atoms with Gasteiger partial charge in [0.2, 0.25) is 0 Å². The summed E-state index contributed by atoms with van der Waals surface area (Å²) in [7, 11) is 0. The summed E-state index contributed by atoms with van der Waals surface area (Å²) in [5.41, 5.74) is 0. The van der Waals surface area contributed by atoms with Crippen molar-refractivity contribution in [3.05, 3.63) is 0 Å². The molecule has 27 valence electrons. The molecule has 5 heavy (non-hydrogen) atoms. The number of carboxylic acid groups (broad SMARTS) is 2. The van der Waals surface area contributed by atoms with Gasteiger partial charge in [-0.05, 0) is 0 Å². The first-order chi connectivity index (χ1) is 1.73. The van der Waals surface area contributed by atoms with Gasteiger partial charge in [0.1, 0.15) is 0 Å². The van der Waals surface area contributed by atoms with E-state index < -0.39 is 6.16 Å². The van der Waals surface area contributed by atoms with E-state index in [1.165, 1.54) is 0 Å². The molecule has 4 heteroatoms. The zero-order chi connectivity index (χ0) is 3.58. The average Bonchev–Trinajstić information content (AvgIpc) is 0.811. The first-order valence-electron chi connectivity index (χ1n) is 0.651. The second-order valence-corrected chi connectivity index (χ2v) is 0.283. The van der Waals surface area contributed by atoms with Crippen molar-refractivity contribution in [2.45, 2.75) is 0 Å². The Bertz CT molecular complexity index is 33.8. The summed E-state index contributed by atoms with van der Waals surface area (Å²) in [5, 5.41) is 13.9. The molecule has 0 bridgehead atoms. The summed E-state index contributed by atoms with van der Waals surface area (Å²) >= 11 is 0. The van der Waals surface area contributed by atoms with Crippen LogP contribution >= 0.6 is 0 Å². The van der Waals surface area contributed by atoms with Gasteiger partial charge in [-0.15, -0.1) is 0 Å². The molecule has 0 aromatic rings. The monoisotopic (exact) mass is 71.0 g/mol. The van der Waals surface area contributed by atoms with Crippen LogP contribution in [0.4, 0.5) is 4.79 Å². The van der Waals surface area contributed by atoms with E-state index in [1.807, 2.05) is 0 Å². The molecular weight excluding hydrogens is 66.9 g/mol. The number of rotatable bonds is 0. The molecule has 3 nitrogen and oxygen atoms in total. The second-order valence-electron chi connectivity index (χ2n) is 0.283. The summed E-state index contributed by atoms with van der Waals surface area (Å²) in [5.74, 6) is 0. The fourth-order valence-corrected chi connectivity index (χ4v) is 0. The summed E-state index contributed by atoms with van der Waals surface area (Å²) in [4.78, 5) is 8.56. The van der Waals surface area contributed by atoms with Crippen molar-refractivity contribution >= 4 is 25.0 Å². The van der Waals surface area contributed by atoms with E-state index in [-0.39, 0.29) is 20.3 Å². The maximum atomic E-state index is 8.56. The van der Waals surface area contributed by atoms with Crippen molar-refractivity contribution in [2.75, 3.05) is 0 Å². The van der Waals surface area contributed by atoms with E-state index in [0.717, 1.165) is 0 Å². The summed E-state index contributed by atoms with van der Waals surface area (Å²) in [6, 6.07) is 0. The van der Waals surface area contributed by atoms with Crippen molar-refractivity contribution < 1.29 is 16.4 Å². The van der Waals surface area contributed by atoms with Crippen molar-refractivity contribution in [3.8, 4) is 0 Å². The molecule has 0 unspecified atom stereocenters. The standard InChI is InChI=1S/CH2O3.Li.2H/c2-1(3)4;;;/h(H2,2,3,4);;;. The molecule has 0 fully saturated rings. The van der Waals surface area contributed by atoms with E-state index in [4.69, 9.17) is 15.0 Å². The Morgan fingerprint density at radius 1 is 1.60 bits per heavy atom. The fraction of sp³-hybridized carbons (Fsp3) is 0. The van der Waals surface area contributed by atoms with Crippen LogP contribution in [0.3, 0.4) is 0 Å². The molecule has 0 aliphatic rings. The number of hydrogen-bond acceptors (Lipinski definition) is 1. The summed E-state index contributed by atoms with van der Waals surface area (Å²) in [6.45, 7) is 0. The zero-order valence-electron chi connectivity index (χ0n) is 2.80. The van der Waals surface area contributed by atoms with E-state index >= 15 is 0 Å². The SMILES string of the molecule is O=C(O)O.[H].[LiH]. The topological polar surface area (TPSA) is 57.5 Å². The third-order valence-corrected chi connectivity index (χ3v) is 0. The van der Waals surface area contributed by atoms with Crippen LogP contribution in [-0.4, -0.2) is 35.2 Å². The Labute approximate surface area is 42.3 Å². The Balaban J connectivity index is -0.0000000450.